The van der Waals surface area contributed by atoms with Crippen molar-refractivity contribution in [1.29, 1.82) is 0 Å². The summed E-state index contributed by atoms with van der Waals surface area (Å²) in [6, 6.07) is 8.62. The highest BCUT2D eigenvalue weighted by Gasteiger charge is 2.21. The van der Waals surface area contributed by atoms with Crippen LogP contribution in [0.2, 0.25) is 5.02 Å². The monoisotopic (exact) mass is 296 g/mol. The maximum absolute atomic E-state index is 6.22. The predicted octanol–water partition coefficient (Wildman–Crippen LogP) is 4.51. The number of benzene rings is 1. The highest BCUT2D eigenvalue weighted by Crippen LogP contribution is 2.26. The van der Waals surface area contributed by atoms with Gasteiger partial charge in [0.05, 0.1) is 12.1 Å². The summed E-state index contributed by atoms with van der Waals surface area (Å²) < 4.78 is 0. The fourth-order valence-electron chi connectivity index (χ4n) is 2.25. The zero-order chi connectivity index (χ0) is 13.8. The number of thioether (sulfide) groups is 1. The van der Waals surface area contributed by atoms with E-state index >= 15 is 0 Å². The molecule has 19 heavy (non-hydrogen) atoms. The molecule has 2 unspecified atom stereocenters. The largest absolute Gasteiger partial charge is 0.358 e. The minimum absolute atomic E-state index is 0.192. The summed E-state index contributed by atoms with van der Waals surface area (Å²) in [6.45, 7) is 6.62. The van der Waals surface area contributed by atoms with E-state index in [1.54, 1.807) is 0 Å². The molecule has 1 aromatic carbocycles. The van der Waals surface area contributed by atoms with Gasteiger partial charge in [0.2, 0.25) is 0 Å². The third-order valence-corrected chi connectivity index (χ3v) is 4.56. The Kier molecular flexibility index (Phi) is 5.17. The first-order valence-corrected chi connectivity index (χ1v) is 8.14. The Bertz CT molecular complexity index is 459. The number of hydrogen-bond acceptors (Lipinski definition) is 3. The zero-order valence-corrected chi connectivity index (χ0v) is 13.3. The summed E-state index contributed by atoms with van der Waals surface area (Å²) in [4.78, 5) is 4.75. The van der Waals surface area contributed by atoms with Crippen LogP contribution in [0.1, 0.15) is 38.8 Å². The molecule has 1 aliphatic heterocycles. The molecule has 0 radical (unpaired) electrons. The quantitative estimate of drug-likeness (QED) is 0.884. The van der Waals surface area contributed by atoms with E-state index in [0.717, 1.165) is 21.5 Å². The molecular formula is C15H21ClN2S. The fourth-order valence-corrected chi connectivity index (χ4v) is 3.59. The van der Waals surface area contributed by atoms with Crippen LogP contribution in [0.25, 0.3) is 0 Å². The summed E-state index contributed by atoms with van der Waals surface area (Å²) in [7, 11) is 0. The average molecular weight is 297 g/mol. The second-order valence-electron chi connectivity index (χ2n) is 5.42. The van der Waals surface area contributed by atoms with E-state index in [-0.39, 0.29) is 6.04 Å². The van der Waals surface area contributed by atoms with Crippen LogP contribution in [0.15, 0.2) is 29.3 Å². The number of nitrogens with one attached hydrogen (secondary N) is 1. The van der Waals surface area contributed by atoms with Gasteiger partial charge < -0.3 is 5.32 Å². The molecule has 0 amide bonds. The normalized spacial score (nSPS) is 20.5. The average Bonchev–Trinajstić information content (AvgIpc) is 2.76. The highest BCUT2D eigenvalue weighted by atomic mass is 35.5. The van der Waals surface area contributed by atoms with Crippen molar-refractivity contribution < 1.29 is 0 Å². The first-order valence-electron chi connectivity index (χ1n) is 6.78. The Morgan fingerprint density at radius 1 is 1.37 bits per heavy atom. The SMILES string of the molecule is CC(C)CC1CSC(NC(C)c2ccccc2Cl)=N1. The summed E-state index contributed by atoms with van der Waals surface area (Å²) in [5.74, 6) is 1.80. The second-order valence-corrected chi connectivity index (χ2v) is 6.83. The number of halogens is 1. The Morgan fingerprint density at radius 2 is 2.11 bits per heavy atom. The summed E-state index contributed by atoms with van der Waals surface area (Å²) in [6.07, 6.45) is 1.17. The van der Waals surface area contributed by atoms with Crippen molar-refractivity contribution in [1.82, 2.24) is 5.32 Å². The minimum Gasteiger partial charge on any atom is -0.358 e. The molecule has 2 atom stereocenters. The Labute approximate surface area is 125 Å². The lowest BCUT2D eigenvalue weighted by atomic mass is 10.1. The van der Waals surface area contributed by atoms with Crippen molar-refractivity contribution in [2.45, 2.75) is 39.3 Å². The number of hydrogen-bond donors (Lipinski definition) is 1. The van der Waals surface area contributed by atoms with Gasteiger partial charge in [0.15, 0.2) is 5.17 Å². The molecule has 1 aromatic rings. The maximum atomic E-state index is 6.22. The molecule has 1 heterocycles. The molecule has 4 heteroatoms. The number of aliphatic imine (C=N–C) groups is 1. The van der Waals surface area contributed by atoms with E-state index in [9.17, 15) is 0 Å². The van der Waals surface area contributed by atoms with E-state index in [2.05, 4.69) is 32.2 Å². The zero-order valence-electron chi connectivity index (χ0n) is 11.7. The topological polar surface area (TPSA) is 24.4 Å². The summed E-state index contributed by atoms with van der Waals surface area (Å²) in [5, 5.41) is 5.33. The second kappa shape index (κ2) is 6.67. The van der Waals surface area contributed by atoms with Crippen molar-refractivity contribution in [3.05, 3.63) is 34.9 Å². The molecule has 2 rings (SSSR count). The third-order valence-electron chi connectivity index (χ3n) is 3.17. The van der Waals surface area contributed by atoms with E-state index in [1.165, 1.54) is 6.42 Å². The van der Waals surface area contributed by atoms with E-state index in [0.29, 0.717) is 12.0 Å². The molecule has 0 aromatic heterocycles. The number of amidine groups is 1. The molecule has 0 fully saturated rings. The predicted molar refractivity (Wildman–Crippen MR) is 86.1 cm³/mol. The van der Waals surface area contributed by atoms with Gasteiger partial charge in [-0.3, -0.25) is 4.99 Å². The van der Waals surface area contributed by atoms with Gasteiger partial charge >= 0.3 is 0 Å². The van der Waals surface area contributed by atoms with Crippen LogP contribution in [0, 0.1) is 5.92 Å². The first kappa shape index (κ1) is 14.7. The lowest BCUT2D eigenvalue weighted by Gasteiger charge is -2.16. The van der Waals surface area contributed by atoms with Crippen molar-refractivity contribution >= 4 is 28.5 Å². The van der Waals surface area contributed by atoms with Crippen LogP contribution < -0.4 is 5.32 Å². The lowest BCUT2D eigenvalue weighted by Crippen LogP contribution is -2.23. The van der Waals surface area contributed by atoms with Crippen LogP contribution >= 0.6 is 23.4 Å². The van der Waals surface area contributed by atoms with Crippen LogP contribution in [-0.4, -0.2) is 17.0 Å². The fraction of sp³-hybridized carbons (Fsp3) is 0.533. The Hall–Kier alpha value is -0.670. The van der Waals surface area contributed by atoms with E-state index in [4.69, 9.17) is 16.6 Å². The molecule has 0 saturated heterocycles. The van der Waals surface area contributed by atoms with Crippen LogP contribution in [-0.2, 0) is 0 Å². The van der Waals surface area contributed by atoms with Gasteiger partial charge in [-0.1, -0.05) is 55.4 Å². The first-order chi connectivity index (χ1) is 9.06. The summed E-state index contributed by atoms with van der Waals surface area (Å²) >= 11 is 8.03. The Balaban J connectivity index is 1.97. The van der Waals surface area contributed by atoms with E-state index < -0.39 is 0 Å². The molecule has 0 spiro atoms. The molecule has 2 nitrogen and oxygen atoms in total. The summed E-state index contributed by atoms with van der Waals surface area (Å²) in [5.41, 5.74) is 1.12. The molecule has 0 bridgehead atoms. The van der Waals surface area contributed by atoms with Crippen molar-refractivity contribution in [3.63, 3.8) is 0 Å². The van der Waals surface area contributed by atoms with Gasteiger partial charge in [0, 0.05) is 10.8 Å². The number of rotatable bonds is 4. The molecule has 1 N–H and O–H groups in total. The smallest absolute Gasteiger partial charge is 0.157 e. The molecule has 1 aliphatic rings. The Morgan fingerprint density at radius 3 is 2.79 bits per heavy atom. The van der Waals surface area contributed by atoms with Gasteiger partial charge in [-0.2, -0.15) is 0 Å². The lowest BCUT2D eigenvalue weighted by molar-refractivity contribution is 0.528. The van der Waals surface area contributed by atoms with E-state index in [1.807, 2.05) is 30.0 Å². The van der Waals surface area contributed by atoms with Gasteiger partial charge in [0.25, 0.3) is 0 Å². The van der Waals surface area contributed by atoms with Gasteiger partial charge in [0.1, 0.15) is 0 Å². The number of nitrogens with zero attached hydrogens (tertiary/aromatic N) is 1. The molecule has 0 saturated carbocycles. The minimum atomic E-state index is 0.192. The third kappa shape index (κ3) is 4.15. The van der Waals surface area contributed by atoms with Gasteiger partial charge in [-0.25, -0.2) is 0 Å². The van der Waals surface area contributed by atoms with Crippen molar-refractivity contribution in [2.24, 2.45) is 10.9 Å². The molecular weight excluding hydrogens is 276 g/mol. The standard InChI is InChI=1S/C15H21ClN2S/c1-10(2)8-12-9-19-15(18-12)17-11(3)13-6-4-5-7-14(13)16/h4-7,10-12H,8-9H2,1-3H3,(H,17,18). The van der Waals surface area contributed by atoms with Crippen LogP contribution in [0.5, 0.6) is 0 Å². The molecule has 0 aliphatic carbocycles. The molecule has 104 valence electrons. The van der Waals surface area contributed by atoms with Crippen LogP contribution in [0.4, 0.5) is 0 Å². The van der Waals surface area contributed by atoms with Gasteiger partial charge in [-0.15, -0.1) is 0 Å². The van der Waals surface area contributed by atoms with Crippen molar-refractivity contribution in [3.8, 4) is 0 Å². The maximum Gasteiger partial charge on any atom is 0.157 e. The van der Waals surface area contributed by atoms with Gasteiger partial charge in [-0.05, 0) is 30.9 Å². The van der Waals surface area contributed by atoms with Crippen molar-refractivity contribution in [2.75, 3.05) is 5.75 Å². The highest BCUT2D eigenvalue weighted by molar-refractivity contribution is 8.14. The van der Waals surface area contributed by atoms with Crippen LogP contribution in [0.3, 0.4) is 0 Å².